The number of halogens is 2. The molecule has 0 atom stereocenters. The molecular weight excluding hydrogens is 679 g/mol. The molecule has 5 nitrogen and oxygen atoms in total. The van der Waals surface area contributed by atoms with E-state index in [-0.39, 0.29) is 38.0 Å². The summed E-state index contributed by atoms with van der Waals surface area (Å²) in [5, 5.41) is 9.93. The first kappa shape index (κ1) is 27.9. The molecule has 0 aliphatic rings. The Morgan fingerprint density at radius 2 is 1.31 bits per heavy atom. The number of carboxylic acids is 1. The van der Waals surface area contributed by atoms with Crippen molar-refractivity contribution in [3.63, 3.8) is 0 Å². The molecule has 0 radical (unpaired) electrons. The predicted octanol–water partition coefficient (Wildman–Crippen LogP) is 6.97. The third-order valence-electron chi connectivity index (χ3n) is 6.43. The zero-order valence-electron chi connectivity index (χ0n) is 20.9. The van der Waals surface area contributed by atoms with Crippen LogP contribution in [0.3, 0.4) is 0 Å². The maximum Gasteiger partial charge on any atom is 0.355 e. The maximum atomic E-state index is 14.8. The monoisotopic (exact) mass is 701 g/mol. The number of carboxylic acid groups (broad SMARTS) is 1. The van der Waals surface area contributed by atoms with Gasteiger partial charge < -0.3 is 5.11 Å². The number of rotatable bonds is 6. The summed E-state index contributed by atoms with van der Waals surface area (Å²) >= 11 is 0. The van der Waals surface area contributed by atoms with Crippen LogP contribution < -0.4 is 0 Å². The second-order valence-electron chi connectivity index (χ2n) is 9.24. The molecule has 0 fully saturated rings. The van der Waals surface area contributed by atoms with E-state index in [1.54, 1.807) is 18.2 Å². The molecule has 3 heterocycles. The van der Waals surface area contributed by atoms with Crippen molar-refractivity contribution in [3.8, 4) is 33.5 Å². The molecule has 0 spiro atoms. The van der Waals surface area contributed by atoms with Gasteiger partial charge in [0.2, 0.25) is 0 Å². The Balaban J connectivity index is 0.00000353. The maximum absolute atomic E-state index is 14.8. The molecule has 39 heavy (non-hydrogen) atoms. The van der Waals surface area contributed by atoms with E-state index < -0.39 is 23.3 Å². The number of pyridine rings is 3. The zero-order valence-corrected chi connectivity index (χ0v) is 23.2. The smallest absolute Gasteiger partial charge is 0.355 e. The largest absolute Gasteiger partial charge is 0.476 e. The quantitative estimate of drug-likeness (QED) is 0.153. The van der Waals surface area contributed by atoms with E-state index in [2.05, 4.69) is 16.0 Å². The van der Waals surface area contributed by atoms with Crippen LogP contribution in [0, 0.1) is 18.0 Å². The number of aromatic carboxylic acids is 1. The van der Waals surface area contributed by atoms with Crippen LogP contribution in [0.25, 0.3) is 33.5 Å². The van der Waals surface area contributed by atoms with Crippen LogP contribution in [0.4, 0.5) is 8.78 Å². The van der Waals surface area contributed by atoms with Crippen LogP contribution in [-0.2, 0) is 26.5 Å². The first-order valence-electron chi connectivity index (χ1n) is 11.9. The van der Waals surface area contributed by atoms with Crippen LogP contribution in [0.15, 0.2) is 91.0 Å². The van der Waals surface area contributed by atoms with Gasteiger partial charge in [-0.15, -0.1) is 6.07 Å². The second kappa shape index (κ2) is 11.3. The van der Waals surface area contributed by atoms with E-state index in [0.29, 0.717) is 22.5 Å². The first-order valence-corrected chi connectivity index (χ1v) is 11.9. The summed E-state index contributed by atoms with van der Waals surface area (Å²) in [7, 11) is 0. The van der Waals surface area contributed by atoms with E-state index in [0.717, 1.165) is 17.2 Å². The van der Waals surface area contributed by atoms with Gasteiger partial charge in [0, 0.05) is 43.4 Å². The van der Waals surface area contributed by atoms with Gasteiger partial charge in [0.05, 0.1) is 5.69 Å². The molecule has 2 aromatic carbocycles. The van der Waals surface area contributed by atoms with Crippen molar-refractivity contribution in [1.82, 2.24) is 15.0 Å². The fourth-order valence-electron chi connectivity index (χ4n) is 4.34. The summed E-state index contributed by atoms with van der Waals surface area (Å²) in [6, 6.07) is 29.2. The molecule has 0 bridgehead atoms. The van der Waals surface area contributed by atoms with Crippen molar-refractivity contribution in [3.05, 3.63) is 126 Å². The van der Waals surface area contributed by atoms with E-state index >= 15 is 0 Å². The Labute approximate surface area is 238 Å². The molecule has 5 aromatic rings. The van der Waals surface area contributed by atoms with Crippen molar-refractivity contribution < 1.29 is 39.7 Å². The molecule has 0 saturated heterocycles. The van der Waals surface area contributed by atoms with Gasteiger partial charge in [0.1, 0.15) is 11.9 Å². The molecule has 198 valence electrons. The van der Waals surface area contributed by atoms with Crippen molar-refractivity contribution in [1.29, 1.82) is 0 Å². The third-order valence-corrected chi connectivity index (χ3v) is 6.43. The van der Waals surface area contributed by atoms with Crippen LogP contribution in [-0.4, -0.2) is 26.0 Å². The fourth-order valence-corrected chi connectivity index (χ4v) is 4.34. The number of carbonyl (C=O) groups is 1. The third kappa shape index (κ3) is 5.54. The Hall–Kier alpha value is -4.09. The van der Waals surface area contributed by atoms with E-state index in [4.69, 9.17) is 4.98 Å². The normalized spacial score (nSPS) is 11.1. The SMILES string of the molecule is CC(C)(c1ccc(-c2ccccc2)c(C(=O)O)n1)c1ccc(-c2ccccc2)c(-c2[c-]cc(F)nc2F)n1.[Pt]. The molecule has 0 aliphatic carbocycles. The van der Waals surface area contributed by atoms with Crippen molar-refractivity contribution in [2.45, 2.75) is 19.3 Å². The number of nitrogens with zero attached hydrogens (tertiary/aromatic N) is 3. The summed E-state index contributed by atoms with van der Waals surface area (Å²) in [4.78, 5) is 24.8. The van der Waals surface area contributed by atoms with Crippen LogP contribution in [0.1, 0.15) is 35.7 Å². The summed E-state index contributed by atoms with van der Waals surface area (Å²) < 4.78 is 28.4. The summed E-state index contributed by atoms with van der Waals surface area (Å²) in [5.74, 6) is -3.15. The van der Waals surface area contributed by atoms with E-state index in [1.165, 1.54) is 0 Å². The number of hydrogen-bond acceptors (Lipinski definition) is 4. The molecule has 5 rings (SSSR count). The van der Waals surface area contributed by atoms with Crippen molar-refractivity contribution in [2.24, 2.45) is 0 Å². The van der Waals surface area contributed by atoms with Gasteiger partial charge >= 0.3 is 5.97 Å². The average Bonchev–Trinajstić information content (AvgIpc) is 2.93. The Bertz CT molecular complexity index is 1650. The zero-order chi connectivity index (χ0) is 26.9. The van der Waals surface area contributed by atoms with Gasteiger partial charge in [0.25, 0.3) is 0 Å². The molecule has 0 unspecified atom stereocenters. The standard InChI is InChI=1S/C31H22F2N3O2.Pt/c1-31(2,25-17-14-22(28(35-25)30(37)38)20-11-7-4-8-12-20)24-16-13-21(19-9-5-3-6-10-19)27(34-24)23-15-18-26(32)36-29(23)33;/h3-14,16-18H,1-2H3,(H,37,38);/q-1;. The van der Waals surface area contributed by atoms with Crippen molar-refractivity contribution >= 4 is 5.97 Å². The van der Waals surface area contributed by atoms with Gasteiger partial charge in [0.15, 0.2) is 5.69 Å². The fraction of sp³-hybridized carbons (Fsp3) is 0.0968. The molecule has 0 aliphatic heterocycles. The minimum atomic E-state index is -1.15. The number of benzene rings is 2. The minimum absolute atomic E-state index is 0. The molecule has 0 amide bonds. The first-order chi connectivity index (χ1) is 18.3. The van der Waals surface area contributed by atoms with E-state index in [1.807, 2.05) is 80.6 Å². The molecule has 8 heteroatoms. The summed E-state index contributed by atoms with van der Waals surface area (Å²) in [5.41, 5.74) is 2.86. The predicted molar refractivity (Wildman–Crippen MR) is 140 cm³/mol. The number of aromatic nitrogens is 3. The molecule has 3 aromatic heterocycles. The molecule has 0 saturated carbocycles. The van der Waals surface area contributed by atoms with Gasteiger partial charge in [-0.3, -0.25) is 9.97 Å². The molecule has 1 N–H and O–H groups in total. The van der Waals surface area contributed by atoms with Crippen molar-refractivity contribution in [2.75, 3.05) is 0 Å². The van der Waals surface area contributed by atoms with Gasteiger partial charge in [-0.05, 0) is 42.7 Å². The minimum Gasteiger partial charge on any atom is -0.476 e. The Morgan fingerprint density at radius 3 is 1.87 bits per heavy atom. The van der Waals surface area contributed by atoms with E-state index in [9.17, 15) is 18.7 Å². The van der Waals surface area contributed by atoms with Gasteiger partial charge in [-0.25, -0.2) is 18.6 Å². The summed E-state index contributed by atoms with van der Waals surface area (Å²) in [6.07, 6.45) is 0. The van der Waals surface area contributed by atoms with Crippen LogP contribution in [0.5, 0.6) is 0 Å². The van der Waals surface area contributed by atoms with Crippen LogP contribution in [0.2, 0.25) is 0 Å². The average molecular weight is 702 g/mol. The van der Waals surface area contributed by atoms with Crippen LogP contribution >= 0.6 is 0 Å². The molecular formula is C31H22F2N3O2Pt-. The second-order valence-corrected chi connectivity index (χ2v) is 9.24. The number of hydrogen-bond donors (Lipinski definition) is 1. The van der Waals surface area contributed by atoms with Gasteiger partial charge in [-0.2, -0.15) is 0 Å². The topological polar surface area (TPSA) is 76.0 Å². The summed E-state index contributed by atoms with van der Waals surface area (Å²) in [6.45, 7) is 3.72. The van der Waals surface area contributed by atoms with Gasteiger partial charge in [-0.1, -0.05) is 84.4 Å². The Kier molecular flexibility index (Phi) is 8.12. The Morgan fingerprint density at radius 1 is 0.769 bits per heavy atom.